The number of aryl methyl sites for hydroxylation is 1. The number of ether oxygens (including phenoxy) is 1. The van der Waals surface area contributed by atoms with Gasteiger partial charge in [0.2, 0.25) is 0 Å². The van der Waals surface area contributed by atoms with Crippen molar-refractivity contribution in [2.24, 2.45) is 0 Å². The van der Waals surface area contributed by atoms with Gasteiger partial charge in [0.05, 0.1) is 18.2 Å². The highest BCUT2D eigenvalue weighted by atomic mass is 16.5. The first-order chi connectivity index (χ1) is 8.70. The van der Waals surface area contributed by atoms with Crippen LogP contribution in [-0.4, -0.2) is 18.1 Å². The number of methoxy groups -OCH3 is 1. The van der Waals surface area contributed by atoms with Gasteiger partial charge in [-0.1, -0.05) is 24.3 Å². The summed E-state index contributed by atoms with van der Waals surface area (Å²) in [6.07, 6.45) is 0. The van der Waals surface area contributed by atoms with E-state index in [0.717, 1.165) is 21.8 Å². The number of carbonyl (C=O) groups is 1. The molecule has 18 heavy (non-hydrogen) atoms. The quantitative estimate of drug-likeness (QED) is 0.661. The van der Waals surface area contributed by atoms with Gasteiger partial charge in [0, 0.05) is 16.3 Å². The third-order valence-electron chi connectivity index (χ3n) is 3.19. The minimum absolute atomic E-state index is 0.316. The second-order valence-electron chi connectivity index (χ2n) is 4.39. The molecule has 0 unspecified atom stereocenters. The lowest BCUT2D eigenvalue weighted by Gasteiger charge is -2.00. The highest BCUT2D eigenvalue weighted by Gasteiger charge is 2.13. The van der Waals surface area contributed by atoms with E-state index in [1.54, 1.807) is 6.07 Å². The summed E-state index contributed by atoms with van der Waals surface area (Å²) in [5.41, 5.74) is 3.64. The number of aromatic amines is 1. The summed E-state index contributed by atoms with van der Waals surface area (Å²) in [6, 6.07) is 11.9. The van der Waals surface area contributed by atoms with E-state index in [4.69, 9.17) is 4.74 Å². The fraction of sp³-hybridized carbons (Fsp3) is 0.133. The average Bonchev–Trinajstić information content (AvgIpc) is 2.74. The molecule has 90 valence electrons. The average molecular weight is 239 g/mol. The maximum atomic E-state index is 11.7. The zero-order valence-corrected chi connectivity index (χ0v) is 10.3. The summed E-state index contributed by atoms with van der Waals surface area (Å²) in [5.74, 6) is -0.316. The minimum atomic E-state index is -0.316. The molecule has 0 aliphatic rings. The summed E-state index contributed by atoms with van der Waals surface area (Å²) < 4.78 is 4.81. The van der Waals surface area contributed by atoms with Gasteiger partial charge in [0.25, 0.3) is 0 Å². The van der Waals surface area contributed by atoms with Crippen LogP contribution in [0.25, 0.3) is 21.8 Å². The number of nitrogens with one attached hydrogen (secondary N) is 1. The molecule has 1 N–H and O–H groups in total. The van der Waals surface area contributed by atoms with Crippen molar-refractivity contribution >= 4 is 27.8 Å². The largest absolute Gasteiger partial charge is 0.465 e. The molecule has 1 heterocycles. The number of fused-ring (bicyclic) bond motifs is 3. The van der Waals surface area contributed by atoms with Crippen molar-refractivity contribution in [3.63, 3.8) is 0 Å². The zero-order chi connectivity index (χ0) is 12.7. The smallest absolute Gasteiger partial charge is 0.339 e. The molecular weight excluding hydrogens is 226 g/mol. The van der Waals surface area contributed by atoms with Crippen molar-refractivity contribution < 1.29 is 9.53 Å². The Hall–Kier alpha value is -2.29. The van der Waals surface area contributed by atoms with Crippen LogP contribution in [0.1, 0.15) is 15.9 Å². The predicted molar refractivity (Wildman–Crippen MR) is 71.9 cm³/mol. The molecular formula is C15H13NO2. The van der Waals surface area contributed by atoms with E-state index in [2.05, 4.69) is 23.2 Å². The van der Waals surface area contributed by atoms with Crippen LogP contribution in [0.4, 0.5) is 0 Å². The highest BCUT2D eigenvalue weighted by molar-refractivity contribution is 6.13. The van der Waals surface area contributed by atoms with Gasteiger partial charge < -0.3 is 9.72 Å². The molecule has 0 fully saturated rings. The van der Waals surface area contributed by atoms with Crippen LogP contribution in [0.3, 0.4) is 0 Å². The lowest BCUT2D eigenvalue weighted by Crippen LogP contribution is -2.01. The van der Waals surface area contributed by atoms with E-state index >= 15 is 0 Å². The fourth-order valence-corrected chi connectivity index (χ4v) is 2.32. The number of rotatable bonds is 1. The van der Waals surface area contributed by atoms with Crippen LogP contribution < -0.4 is 0 Å². The molecule has 0 aliphatic carbocycles. The van der Waals surface area contributed by atoms with Crippen molar-refractivity contribution in [3.05, 3.63) is 47.5 Å². The van der Waals surface area contributed by atoms with Crippen LogP contribution in [0.15, 0.2) is 36.4 Å². The van der Waals surface area contributed by atoms with E-state index in [-0.39, 0.29) is 5.97 Å². The van der Waals surface area contributed by atoms with Gasteiger partial charge in [-0.2, -0.15) is 0 Å². The summed E-state index contributed by atoms with van der Waals surface area (Å²) in [7, 11) is 1.40. The number of hydrogen-bond donors (Lipinski definition) is 1. The van der Waals surface area contributed by atoms with Crippen LogP contribution >= 0.6 is 0 Å². The zero-order valence-electron chi connectivity index (χ0n) is 10.3. The van der Waals surface area contributed by atoms with Crippen molar-refractivity contribution in [1.29, 1.82) is 0 Å². The third-order valence-corrected chi connectivity index (χ3v) is 3.19. The molecule has 3 nitrogen and oxygen atoms in total. The third kappa shape index (κ3) is 1.48. The number of benzene rings is 2. The SMILES string of the molecule is COC(=O)c1cccc2c1[nH]c1cc(C)ccc12. The van der Waals surface area contributed by atoms with E-state index in [1.165, 1.54) is 12.7 Å². The minimum Gasteiger partial charge on any atom is -0.465 e. The Labute approximate surface area is 104 Å². The summed E-state index contributed by atoms with van der Waals surface area (Å²) in [4.78, 5) is 15.0. The Balaban J connectivity index is 2.42. The molecule has 2 aromatic carbocycles. The Bertz CT molecular complexity index is 756. The van der Waals surface area contributed by atoms with Crippen LogP contribution in [-0.2, 0) is 4.74 Å². The first-order valence-electron chi connectivity index (χ1n) is 5.80. The molecule has 0 bridgehead atoms. The fourth-order valence-electron chi connectivity index (χ4n) is 2.32. The van der Waals surface area contributed by atoms with E-state index in [9.17, 15) is 4.79 Å². The molecule has 3 aromatic rings. The number of para-hydroxylation sites is 1. The van der Waals surface area contributed by atoms with Gasteiger partial charge in [0.15, 0.2) is 0 Å². The maximum Gasteiger partial charge on any atom is 0.339 e. The van der Waals surface area contributed by atoms with Gasteiger partial charge in [-0.05, 0) is 24.6 Å². The Morgan fingerprint density at radius 3 is 2.78 bits per heavy atom. The van der Waals surface area contributed by atoms with E-state index in [1.807, 2.05) is 19.1 Å². The normalized spacial score (nSPS) is 11.0. The molecule has 0 saturated carbocycles. The second kappa shape index (κ2) is 3.88. The standard InChI is InChI=1S/C15H13NO2/c1-9-6-7-10-11-4-3-5-12(15(17)18-2)14(11)16-13(10)8-9/h3-8,16H,1-2H3. The summed E-state index contributed by atoms with van der Waals surface area (Å²) in [6.45, 7) is 2.05. The molecule has 1 aromatic heterocycles. The van der Waals surface area contributed by atoms with Crippen molar-refractivity contribution in [2.75, 3.05) is 7.11 Å². The van der Waals surface area contributed by atoms with Gasteiger partial charge >= 0.3 is 5.97 Å². The first kappa shape index (κ1) is 10.8. The number of esters is 1. The molecule has 0 amide bonds. The molecule has 0 aliphatic heterocycles. The number of H-pyrrole nitrogens is 1. The van der Waals surface area contributed by atoms with Gasteiger partial charge in [-0.25, -0.2) is 4.79 Å². The molecule has 0 radical (unpaired) electrons. The van der Waals surface area contributed by atoms with Gasteiger partial charge in [0.1, 0.15) is 0 Å². The van der Waals surface area contributed by atoms with Gasteiger partial charge in [-0.3, -0.25) is 0 Å². The molecule has 0 atom stereocenters. The lowest BCUT2D eigenvalue weighted by molar-refractivity contribution is 0.0603. The molecule has 3 rings (SSSR count). The predicted octanol–water partition coefficient (Wildman–Crippen LogP) is 3.42. The van der Waals surface area contributed by atoms with Crippen LogP contribution in [0.5, 0.6) is 0 Å². The summed E-state index contributed by atoms with van der Waals surface area (Å²) >= 11 is 0. The number of aromatic nitrogens is 1. The Kier molecular flexibility index (Phi) is 2.33. The molecule has 0 saturated heterocycles. The lowest BCUT2D eigenvalue weighted by atomic mass is 10.1. The highest BCUT2D eigenvalue weighted by Crippen LogP contribution is 2.28. The molecule has 3 heteroatoms. The van der Waals surface area contributed by atoms with E-state index in [0.29, 0.717) is 5.56 Å². The maximum absolute atomic E-state index is 11.7. The Morgan fingerprint density at radius 1 is 1.17 bits per heavy atom. The topological polar surface area (TPSA) is 42.1 Å². The van der Waals surface area contributed by atoms with E-state index < -0.39 is 0 Å². The number of carbonyl (C=O) groups excluding carboxylic acids is 1. The monoisotopic (exact) mass is 239 g/mol. The first-order valence-corrected chi connectivity index (χ1v) is 5.80. The van der Waals surface area contributed by atoms with Crippen molar-refractivity contribution in [1.82, 2.24) is 4.98 Å². The van der Waals surface area contributed by atoms with Crippen LogP contribution in [0, 0.1) is 6.92 Å². The summed E-state index contributed by atoms with van der Waals surface area (Å²) in [5, 5.41) is 2.18. The Morgan fingerprint density at radius 2 is 2.00 bits per heavy atom. The van der Waals surface area contributed by atoms with Crippen molar-refractivity contribution in [2.45, 2.75) is 6.92 Å². The second-order valence-corrected chi connectivity index (χ2v) is 4.39. The van der Waals surface area contributed by atoms with Crippen molar-refractivity contribution in [3.8, 4) is 0 Å². The van der Waals surface area contributed by atoms with Crippen LogP contribution in [0.2, 0.25) is 0 Å². The number of hydrogen-bond acceptors (Lipinski definition) is 2. The molecule has 0 spiro atoms. The van der Waals surface area contributed by atoms with Gasteiger partial charge in [-0.15, -0.1) is 0 Å².